The summed E-state index contributed by atoms with van der Waals surface area (Å²) >= 11 is 0. The molecular weight excluding hydrogens is 155 g/mol. The summed E-state index contributed by atoms with van der Waals surface area (Å²) in [4.78, 5) is 4.04. The topological polar surface area (TPSA) is 38.9 Å². The zero-order valence-electron chi connectivity index (χ0n) is 6.76. The van der Waals surface area contributed by atoms with Crippen LogP contribution in [0, 0.1) is 5.82 Å². The molecule has 1 aliphatic carbocycles. The van der Waals surface area contributed by atoms with E-state index in [4.69, 9.17) is 5.73 Å². The minimum Gasteiger partial charge on any atom is -0.325 e. The number of aromatic nitrogens is 1. The maximum Gasteiger partial charge on any atom is 0.126 e. The summed E-state index contributed by atoms with van der Waals surface area (Å²) in [6, 6.07) is 2.80. The molecule has 12 heavy (non-hydrogen) atoms. The van der Waals surface area contributed by atoms with E-state index < -0.39 is 0 Å². The fraction of sp³-hybridized carbons (Fsp3) is 0.444. The van der Waals surface area contributed by atoms with Crippen molar-refractivity contribution in [3.05, 3.63) is 29.8 Å². The summed E-state index contributed by atoms with van der Waals surface area (Å²) in [5.74, 6) is -0.232. The van der Waals surface area contributed by atoms with Crippen LogP contribution in [-0.4, -0.2) is 10.5 Å². The molecule has 1 aliphatic rings. The molecule has 0 bridgehead atoms. The molecule has 64 valence electrons. The smallest absolute Gasteiger partial charge is 0.126 e. The Kier molecular flexibility index (Phi) is 1.61. The molecule has 1 aromatic rings. The zero-order chi connectivity index (χ0) is 8.60. The third kappa shape index (κ3) is 1.61. The van der Waals surface area contributed by atoms with Gasteiger partial charge in [0.05, 0.1) is 0 Å². The highest BCUT2D eigenvalue weighted by atomic mass is 19.1. The second kappa shape index (κ2) is 2.52. The van der Waals surface area contributed by atoms with Crippen LogP contribution < -0.4 is 5.73 Å². The van der Waals surface area contributed by atoms with Gasteiger partial charge in [-0.2, -0.15) is 0 Å². The number of hydrogen-bond acceptors (Lipinski definition) is 2. The Morgan fingerprint density at radius 1 is 1.58 bits per heavy atom. The van der Waals surface area contributed by atoms with Gasteiger partial charge in [-0.25, -0.2) is 4.39 Å². The van der Waals surface area contributed by atoms with Gasteiger partial charge in [0.15, 0.2) is 0 Å². The van der Waals surface area contributed by atoms with Crippen LogP contribution in [0.1, 0.15) is 18.5 Å². The third-order valence-corrected chi connectivity index (χ3v) is 2.20. The van der Waals surface area contributed by atoms with Crippen LogP contribution in [0.2, 0.25) is 0 Å². The normalized spacial score (nSPS) is 19.2. The molecule has 0 saturated heterocycles. The summed E-state index contributed by atoms with van der Waals surface area (Å²) in [6.45, 7) is 0. The van der Waals surface area contributed by atoms with Gasteiger partial charge < -0.3 is 5.73 Å². The summed E-state index contributed by atoms with van der Waals surface area (Å²) in [5, 5.41) is 0. The first-order valence-electron chi connectivity index (χ1n) is 4.07. The number of hydrogen-bond donors (Lipinski definition) is 1. The van der Waals surface area contributed by atoms with E-state index >= 15 is 0 Å². The van der Waals surface area contributed by atoms with Crippen LogP contribution in [0.3, 0.4) is 0 Å². The average Bonchev–Trinajstić information content (AvgIpc) is 2.67. The van der Waals surface area contributed by atoms with Gasteiger partial charge in [-0.1, -0.05) is 0 Å². The van der Waals surface area contributed by atoms with E-state index in [0.717, 1.165) is 18.5 Å². The molecule has 1 fully saturated rings. The van der Waals surface area contributed by atoms with Crippen LogP contribution in [0.15, 0.2) is 18.3 Å². The highest BCUT2D eigenvalue weighted by Crippen LogP contribution is 2.35. The average molecular weight is 166 g/mol. The van der Waals surface area contributed by atoms with Crippen molar-refractivity contribution < 1.29 is 4.39 Å². The number of nitrogens with two attached hydrogens (primary N) is 1. The van der Waals surface area contributed by atoms with Gasteiger partial charge in [0.2, 0.25) is 0 Å². The van der Waals surface area contributed by atoms with Crippen molar-refractivity contribution >= 4 is 0 Å². The predicted molar refractivity (Wildman–Crippen MR) is 44.1 cm³/mol. The van der Waals surface area contributed by atoms with Crippen LogP contribution in [0.4, 0.5) is 4.39 Å². The van der Waals surface area contributed by atoms with Crippen LogP contribution >= 0.6 is 0 Å². The van der Waals surface area contributed by atoms with Crippen LogP contribution in [-0.2, 0) is 6.42 Å². The predicted octanol–water partition coefficient (Wildman–Crippen LogP) is 1.25. The highest BCUT2D eigenvalue weighted by Gasteiger charge is 2.38. The largest absolute Gasteiger partial charge is 0.325 e. The molecule has 0 unspecified atom stereocenters. The highest BCUT2D eigenvalue weighted by molar-refractivity contribution is 5.13. The molecule has 2 nitrogen and oxygen atoms in total. The molecular formula is C9H11FN2. The van der Waals surface area contributed by atoms with Crippen LogP contribution in [0.25, 0.3) is 0 Å². The molecule has 2 N–H and O–H groups in total. The van der Waals surface area contributed by atoms with Crippen molar-refractivity contribution in [2.24, 2.45) is 5.73 Å². The fourth-order valence-electron chi connectivity index (χ4n) is 1.24. The maximum atomic E-state index is 12.7. The van der Waals surface area contributed by atoms with E-state index in [9.17, 15) is 4.39 Å². The first kappa shape index (κ1) is 7.68. The van der Waals surface area contributed by atoms with Gasteiger partial charge in [0.1, 0.15) is 5.82 Å². The fourth-order valence-corrected chi connectivity index (χ4v) is 1.24. The lowest BCUT2D eigenvalue weighted by molar-refractivity contribution is 0.610. The number of pyridine rings is 1. The monoisotopic (exact) mass is 166 g/mol. The van der Waals surface area contributed by atoms with Gasteiger partial charge in [0.25, 0.3) is 0 Å². The number of halogens is 1. The molecule has 0 atom stereocenters. The maximum absolute atomic E-state index is 12.7. The van der Waals surface area contributed by atoms with E-state index in [1.807, 2.05) is 0 Å². The van der Waals surface area contributed by atoms with Gasteiger partial charge in [0, 0.05) is 23.9 Å². The van der Waals surface area contributed by atoms with Crippen molar-refractivity contribution in [1.82, 2.24) is 4.98 Å². The molecule has 3 heteroatoms. The lowest BCUT2D eigenvalue weighted by Crippen LogP contribution is -2.24. The van der Waals surface area contributed by atoms with E-state index in [1.54, 1.807) is 0 Å². The molecule has 0 aromatic carbocycles. The Morgan fingerprint density at radius 2 is 2.33 bits per heavy atom. The molecule has 1 heterocycles. The standard InChI is InChI=1S/C9H11FN2/c10-7-1-4-12-8(5-7)6-9(11)2-3-9/h1,4-5H,2-3,6,11H2. The summed E-state index contributed by atoms with van der Waals surface area (Å²) in [5.41, 5.74) is 6.54. The zero-order valence-corrected chi connectivity index (χ0v) is 6.76. The molecule has 1 saturated carbocycles. The van der Waals surface area contributed by atoms with Crippen molar-refractivity contribution in [2.75, 3.05) is 0 Å². The van der Waals surface area contributed by atoms with Gasteiger partial charge >= 0.3 is 0 Å². The summed E-state index contributed by atoms with van der Waals surface area (Å²) in [6.07, 6.45) is 4.25. The second-order valence-electron chi connectivity index (χ2n) is 3.50. The van der Waals surface area contributed by atoms with E-state index in [2.05, 4.69) is 4.98 Å². The third-order valence-electron chi connectivity index (χ3n) is 2.20. The van der Waals surface area contributed by atoms with Crippen molar-refractivity contribution in [2.45, 2.75) is 24.8 Å². The van der Waals surface area contributed by atoms with E-state index in [0.29, 0.717) is 6.42 Å². The molecule has 2 rings (SSSR count). The Labute approximate surface area is 70.6 Å². The lowest BCUT2D eigenvalue weighted by atomic mass is 10.1. The number of nitrogens with zero attached hydrogens (tertiary/aromatic N) is 1. The summed E-state index contributed by atoms with van der Waals surface area (Å²) < 4.78 is 12.7. The SMILES string of the molecule is NC1(Cc2cc(F)ccn2)CC1. The summed E-state index contributed by atoms with van der Waals surface area (Å²) in [7, 11) is 0. The van der Waals surface area contributed by atoms with Gasteiger partial charge in [-0.15, -0.1) is 0 Å². The Bertz CT molecular complexity index is 294. The Balaban J connectivity index is 2.12. The first-order chi connectivity index (χ1) is 5.68. The Hall–Kier alpha value is -0.960. The Morgan fingerprint density at radius 3 is 2.92 bits per heavy atom. The quantitative estimate of drug-likeness (QED) is 0.718. The minimum absolute atomic E-state index is 0.0825. The molecule has 1 aromatic heterocycles. The molecule has 0 amide bonds. The second-order valence-corrected chi connectivity index (χ2v) is 3.50. The van der Waals surface area contributed by atoms with Gasteiger partial charge in [-0.05, 0) is 25.0 Å². The van der Waals surface area contributed by atoms with Crippen molar-refractivity contribution in [3.8, 4) is 0 Å². The first-order valence-corrected chi connectivity index (χ1v) is 4.07. The molecule has 0 radical (unpaired) electrons. The van der Waals surface area contributed by atoms with E-state index in [-0.39, 0.29) is 11.4 Å². The molecule has 0 spiro atoms. The minimum atomic E-state index is -0.232. The van der Waals surface area contributed by atoms with Crippen molar-refractivity contribution in [3.63, 3.8) is 0 Å². The van der Waals surface area contributed by atoms with Crippen molar-refractivity contribution in [1.29, 1.82) is 0 Å². The number of rotatable bonds is 2. The van der Waals surface area contributed by atoms with Gasteiger partial charge in [-0.3, -0.25) is 4.98 Å². The van der Waals surface area contributed by atoms with E-state index in [1.165, 1.54) is 18.3 Å². The molecule has 0 aliphatic heterocycles. The lowest BCUT2D eigenvalue weighted by Gasteiger charge is -2.06. The van der Waals surface area contributed by atoms with Crippen LogP contribution in [0.5, 0.6) is 0 Å².